The molecule has 0 amide bonds. The average molecular weight is 316 g/mol. The van der Waals surface area contributed by atoms with Gasteiger partial charge in [-0.05, 0) is 30.7 Å². The first-order valence-electron chi connectivity index (χ1n) is 6.87. The summed E-state index contributed by atoms with van der Waals surface area (Å²) in [4.78, 5) is 24.4. The van der Waals surface area contributed by atoms with Gasteiger partial charge in [-0.3, -0.25) is 9.59 Å². The van der Waals surface area contributed by atoms with Gasteiger partial charge in [0.05, 0.1) is 22.6 Å². The Labute approximate surface area is 131 Å². The van der Waals surface area contributed by atoms with E-state index >= 15 is 0 Å². The highest BCUT2D eigenvalue weighted by molar-refractivity contribution is 6.36. The van der Waals surface area contributed by atoms with Gasteiger partial charge in [-0.1, -0.05) is 29.8 Å². The largest absolute Gasteiger partial charge is 0.389 e. The van der Waals surface area contributed by atoms with E-state index in [1.54, 1.807) is 41.0 Å². The molecule has 1 heterocycles. The fraction of sp³-hybridized carbons (Fsp3) is 0.176. The van der Waals surface area contributed by atoms with Gasteiger partial charge in [-0.15, -0.1) is 0 Å². The minimum Gasteiger partial charge on any atom is -0.389 e. The number of carbonyl (C=O) groups is 1. The molecule has 0 spiro atoms. The zero-order chi connectivity index (χ0) is 15.9. The predicted octanol–water partition coefficient (Wildman–Crippen LogP) is 2.68. The van der Waals surface area contributed by atoms with Crippen LogP contribution in [0.5, 0.6) is 0 Å². The van der Waals surface area contributed by atoms with Crippen LogP contribution < -0.4 is 5.43 Å². The van der Waals surface area contributed by atoms with Gasteiger partial charge in [0.25, 0.3) is 0 Å². The lowest BCUT2D eigenvalue weighted by atomic mass is 10.1. The van der Waals surface area contributed by atoms with Crippen molar-refractivity contribution in [3.63, 3.8) is 0 Å². The lowest BCUT2D eigenvalue weighted by Gasteiger charge is -2.16. The van der Waals surface area contributed by atoms with Crippen LogP contribution >= 0.6 is 11.6 Å². The molecule has 1 N–H and O–H groups in total. The van der Waals surface area contributed by atoms with Gasteiger partial charge in [-0.2, -0.15) is 0 Å². The summed E-state index contributed by atoms with van der Waals surface area (Å²) < 4.78 is 1.71. The number of Topliss-reactive ketones (excluding diaryl/α,β-unsaturated/α-hetero) is 1. The molecule has 0 atom stereocenters. The Hall–Kier alpha value is -2.17. The van der Waals surface area contributed by atoms with Gasteiger partial charge >= 0.3 is 0 Å². The highest BCUT2D eigenvalue weighted by Gasteiger charge is 2.16. The molecule has 22 heavy (non-hydrogen) atoms. The first-order valence-corrected chi connectivity index (χ1v) is 7.25. The molecule has 3 aromatic rings. The molecule has 1 aromatic heterocycles. The molecule has 0 fully saturated rings. The third kappa shape index (κ3) is 2.21. The second-order valence-corrected chi connectivity index (χ2v) is 5.60. The number of aryl methyl sites for hydroxylation is 1. The van der Waals surface area contributed by atoms with E-state index in [-0.39, 0.29) is 17.8 Å². The van der Waals surface area contributed by atoms with Crippen molar-refractivity contribution in [2.24, 2.45) is 0 Å². The summed E-state index contributed by atoms with van der Waals surface area (Å²) in [5, 5.41) is 10.5. The number of halogens is 1. The predicted molar refractivity (Wildman–Crippen MR) is 87.6 cm³/mol. The smallest absolute Gasteiger partial charge is 0.197 e. The molecule has 0 aliphatic heterocycles. The molecule has 0 saturated heterocycles. The second kappa shape index (κ2) is 5.55. The number of hydrogen-bond donors (Lipinski definition) is 1. The summed E-state index contributed by atoms with van der Waals surface area (Å²) in [5.74, 6) is -0.340. The van der Waals surface area contributed by atoms with Crippen molar-refractivity contribution in [2.45, 2.75) is 13.5 Å². The lowest BCUT2D eigenvalue weighted by molar-refractivity contribution is -0.122. The van der Waals surface area contributed by atoms with E-state index in [2.05, 4.69) is 0 Å². The number of benzene rings is 2. The number of aromatic nitrogens is 1. The van der Waals surface area contributed by atoms with E-state index in [0.717, 1.165) is 5.56 Å². The van der Waals surface area contributed by atoms with E-state index in [1.165, 1.54) is 0 Å². The number of para-hydroxylation sites is 1. The molecule has 0 unspecified atom stereocenters. The second-order valence-electron chi connectivity index (χ2n) is 5.22. The quantitative estimate of drug-likeness (QED) is 0.756. The Morgan fingerprint density at radius 1 is 1.18 bits per heavy atom. The average Bonchev–Trinajstić information content (AvgIpc) is 2.54. The molecule has 112 valence electrons. The molecule has 3 rings (SSSR count). The van der Waals surface area contributed by atoms with Crippen LogP contribution in [0.1, 0.15) is 5.56 Å². The van der Waals surface area contributed by atoms with Crippen molar-refractivity contribution in [1.29, 1.82) is 0 Å². The maximum atomic E-state index is 12.7. The molecule has 0 bridgehead atoms. The number of rotatable bonds is 3. The van der Waals surface area contributed by atoms with Crippen LogP contribution in [0.3, 0.4) is 0 Å². The van der Waals surface area contributed by atoms with Crippen LogP contribution in [0.25, 0.3) is 21.8 Å². The van der Waals surface area contributed by atoms with Gasteiger partial charge in [-0.25, -0.2) is 0 Å². The number of ketones is 1. The SMILES string of the molecule is Cc1ccc2c(=O)c3ccccc3n(CC(=O)CO)c2c1Cl. The highest BCUT2D eigenvalue weighted by atomic mass is 35.5. The lowest BCUT2D eigenvalue weighted by Crippen LogP contribution is -2.18. The zero-order valence-electron chi connectivity index (χ0n) is 12.0. The third-order valence-electron chi connectivity index (χ3n) is 3.77. The van der Waals surface area contributed by atoms with Crippen LogP contribution in [0.15, 0.2) is 41.2 Å². The number of aliphatic hydroxyl groups is 1. The third-order valence-corrected chi connectivity index (χ3v) is 4.25. The minimum atomic E-state index is -0.550. The van der Waals surface area contributed by atoms with E-state index in [9.17, 15) is 9.59 Å². The molecular weight excluding hydrogens is 302 g/mol. The van der Waals surface area contributed by atoms with Crippen LogP contribution in [0, 0.1) is 6.92 Å². The summed E-state index contributed by atoms with van der Waals surface area (Å²) in [6.07, 6.45) is 0. The van der Waals surface area contributed by atoms with Crippen molar-refractivity contribution >= 4 is 39.2 Å². The summed E-state index contributed by atoms with van der Waals surface area (Å²) in [6, 6.07) is 10.6. The van der Waals surface area contributed by atoms with Crippen molar-refractivity contribution in [1.82, 2.24) is 4.57 Å². The minimum absolute atomic E-state index is 0.0308. The molecule has 0 saturated carbocycles. The summed E-state index contributed by atoms with van der Waals surface area (Å²) >= 11 is 6.40. The van der Waals surface area contributed by atoms with Crippen LogP contribution in [-0.2, 0) is 11.3 Å². The first-order chi connectivity index (χ1) is 10.5. The topological polar surface area (TPSA) is 59.3 Å². The van der Waals surface area contributed by atoms with Gasteiger partial charge in [0.15, 0.2) is 11.2 Å². The summed E-state index contributed by atoms with van der Waals surface area (Å²) in [6.45, 7) is 1.27. The van der Waals surface area contributed by atoms with Crippen molar-refractivity contribution in [3.8, 4) is 0 Å². The maximum absolute atomic E-state index is 12.7. The number of aliphatic hydroxyl groups excluding tert-OH is 1. The first kappa shape index (κ1) is 14.8. The molecule has 0 radical (unpaired) electrons. The monoisotopic (exact) mass is 315 g/mol. The molecule has 5 heteroatoms. The molecule has 2 aromatic carbocycles. The van der Waals surface area contributed by atoms with Crippen molar-refractivity contribution in [2.75, 3.05) is 6.61 Å². The Kier molecular flexibility index (Phi) is 3.72. The fourth-order valence-corrected chi connectivity index (χ4v) is 2.94. The molecule has 0 aliphatic carbocycles. The van der Waals surface area contributed by atoms with Crippen molar-refractivity contribution < 1.29 is 9.90 Å². The summed E-state index contributed by atoms with van der Waals surface area (Å²) in [7, 11) is 0. The van der Waals surface area contributed by atoms with Crippen molar-refractivity contribution in [3.05, 3.63) is 57.2 Å². The Morgan fingerprint density at radius 3 is 2.64 bits per heavy atom. The van der Waals surface area contributed by atoms with E-state index in [0.29, 0.717) is 26.8 Å². The number of nitrogens with zero attached hydrogens (tertiary/aromatic N) is 1. The zero-order valence-corrected chi connectivity index (χ0v) is 12.7. The fourth-order valence-electron chi connectivity index (χ4n) is 2.67. The number of hydrogen-bond acceptors (Lipinski definition) is 3. The maximum Gasteiger partial charge on any atom is 0.197 e. The molecule has 0 aliphatic rings. The van der Waals surface area contributed by atoms with E-state index in [1.807, 2.05) is 6.92 Å². The summed E-state index contributed by atoms with van der Waals surface area (Å²) in [5.41, 5.74) is 1.88. The number of pyridine rings is 1. The van der Waals surface area contributed by atoms with Gasteiger partial charge in [0, 0.05) is 10.8 Å². The van der Waals surface area contributed by atoms with Crippen LogP contribution in [-0.4, -0.2) is 22.1 Å². The normalized spacial score (nSPS) is 11.2. The van der Waals surface area contributed by atoms with E-state index in [4.69, 9.17) is 16.7 Å². The van der Waals surface area contributed by atoms with Crippen LogP contribution in [0.4, 0.5) is 0 Å². The van der Waals surface area contributed by atoms with Gasteiger partial charge in [0.2, 0.25) is 0 Å². The standard InChI is InChI=1S/C17H14ClNO3/c1-10-6-7-13-16(15(10)18)19(8-11(21)9-20)14-5-3-2-4-12(14)17(13)22/h2-7,20H,8-9H2,1H3. The Bertz CT molecular complexity index is 959. The highest BCUT2D eigenvalue weighted by Crippen LogP contribution is 2.28. The molecular formula is C17H14ClNO3. The molecule has 4 nitrogen and oxygen atoms in total. The number of carbonyl (C=O) groups excluding carboxylic acids is 1. The van der Waals surface area contributed by atoms with Gasteiger partial charge in [0.1, 0.15) is 6.61 Å². The number of fused-ring (bicyclic) bond motifs is 2. The Morgan fingerprint density at radius 2 is 1.91 bits per heavy atom. The van der Waals surface area contributed by atoms with Crippen LogP contribution in [0.2, 0.25) is 5.02 Å². The van der Waals surface area contributed by atoms with Gasteiger partial charge < -0.3 is 9.67 Å². The van der Waals surface area contributed by atoms with E-state index < -0.39 is 6.61 Å². The Balaban J connectivity index is 2.55.